The summed E-state index contributed by atoms with van der Waals surface area (Å²) in [5.41, 5.74) is 3.24. The molecule has 0 fully saturated rings. The summed E-state index contributed by atoms with van der Waals surface area (Å²) in [5, 5.41) is 21.6. The second kappa shape index (κ2) is 5.19. The fourth-order valence-electron chi connectivity index (χ4n) is 2.42. The number of hydrogen-bond acceptors (Lipinski definition) is 4. The van der Waals surface area contributed by atoms with Crippen LogP contribution < -0.4 is 5.32 Å². The van der Waals surface area contributed by atoms with Gasteiger partial charge in [-0.15, -0.1) is 0 Å². The fourth-order valence-corrected chi connectivity index (χ4v) is 2.42. The maximum absolute atomic E-state index is 9.19. The average Bonchev–Trinajstić information content (AvgIpc) is 3.06. The molecule has 114 valence electrons. The Morgan fingerprint density at radius 2 is 1.83 bits per heavy atom. The van der Waals surface area contributed by atoms with Crippen molar-refractivity contribution in [2.75, 3.05) is 5.32 Å². The number of aromatic nitrogens is 3. The topological polar surface area (TPSA) is 92.7 Å². The van der Waals surface area contributed by atoms with E-state index in [1.54, 1.807) is 18.5 Å². The Bertz CT molecular complexity index is 939. The molecule has 2 aromatic heterocycles. The number of imidazole rings is 2. The Hall–Kier alpha value is -3.25. The Balaban J connectivity index is 2.21. The highest BCUT2D eigenvalue weighted by Crippen LogP contribution is 2.31. The number of benzene rings is 1. The Morgan fingerprint density at radius 3 is 2.39 bits per heavy atom. The molecule has 6 nitrogen and oxygen atoms in total. The standard InChI is InChI=1S/C17H16N6/c1-17(2,3)22-16-14(12-6-4-11(8-18)5-7-12)21-15-13(9-19)20-10-23(15)16/h4-7,10,21-22H,1-3H3. The zero-order valence-electron chi connectivity index (χ0n) is 13.2. The molecule has 0 aliphatic rings. The molecule has 0 unspecified atom stereocenters. The summed E-state index contributed by atoms with van der Waals surface area (Å²) >= 11 is 0. The maximum Gasteiger partial charge on any atom is 0.183 e. The van der Waals surface area contributed by atoms with E-state index in [4.69, 9.17) is 5.26 Å². The molecule has 1 aromatic carbocycles. The van der Waals surface area contributed by atoms with Crippen molar-refractivity contribution in [2.24, 2.45) is 0 Å². The molecule has 3 rings (SSSR count). The van der Waals surface area contributed by atoms with E-state index in [1.807, 2.05) is 16.5 Å². The fraction of sp³-hybridized carbons (Fsp3) is 0.235. The number of nitrogens with zero attached hydrogens (tertiary/aromatic N) is 4. The molecule has 3 aromatic rings. The first-order valence-electron chi connectivity index (χ1n) is 7.21. The van der Waals surface area contributed by atoms with E-state index in [2.05, 4.69) is 48.2 Å². The van der Waals surface area contributed by atoms with Crippen LogP contribution in [0.15, 0.2) is 30.6 Å². The van der Waals surface area contributed by atoms with Crippen LogP contribution in [-0.2, 0) is 0 Å². The number of H-pyrrole nitrogens is 1. The predicted molar refractivity (Wildman–Crippen MR) is 87.8 cm³/mol. The number of hydrogen-bond donors (Lipinski definition) is 2. The minimum absolute atomic E-state index is 0.159. The van der Waals surface area contributed by atoms with Crippen LogP contribution in [0.25, 0.3) is 16.9 Å². The third-order valence-electron chi connectivity index (χ3n) is 3.39. The summed E-state index contributed by atoms with van der Waals surface area (Å²) < 4.78 is 1.84. The molecule has 0 amide bonds. The van der Waals surface area contributed by atoms with Crippen LogP contribution in [0, 0.1) is 22.7 Å². The number of rotatable bonds is 2. The molecule has 0 saturated heterocycles. The molecule has 0 saturated carbocycles. The summed E-state index contributed by atoms with van der Waals surface area (Å²) in [6, 6.07) is 11.5. The second-order valence-corrected chi connectivity index (χ2v) is 6.34. The number of anilines is 1. The van der Waals surface area contributed by atoms with Crippen LogP contribution in [0.1, 0.15) is 32.0 Å². The van der Waals surface area contributed by atoms with E-state index < -0.39 is 0 Å². The summed E-state index contributed by atoms with van der Waals surface area (Å²) in [7, 11) is 0. The highest BCUT2D eigenvalue weighted by molar-refractivity contribution is 5.78. The van der Waals surface area contributed by atoms with Crippen LogP contribution >= 0.6 is 0 Å². The maximum atomic E-state index is 9.19. The van der Waals surface area contributed by atoms with Gasteiger partial charge in [0, 0.05) is 11.1 Å². The van der Waals surface area contributed by atoms with Crippen LogP contribution in [0.4, 0.5) is 5.82 Å². The molecule has 0 bridgehead atoms. The van der Waals surface area contributed by atoms with Gasteiger partial charge in [-0.2, -0.15) is 10.5 Å². The number of nitrogens with one attached hydrogen (secondary N) is 2. The normalized spacial score (nSPS) is 11.2. The lowest BCUT2D eigenvalue weighted by atomic mass is 10.1. The lowest BCUT2D eigenvalue weighted by Gasteiger charge is -2.22. The lowest BCUT2D eigenvalue weighted by Crippen LogP contribution is -2.27. The first-order valence-corrected chi connectivity index (χ1v) is 7.21. The smallest absolute Gasteiger partial charge is 0.183 e. The summed E-state index contributed by atoms with van der Waals surface area (Å²) in [5.74, 6) is 0.839. The van der Waals surface area contributed by atoms with Crippen molar-refractivity contribution in [3.8, 4) is 23.4 Å². The Morgan fingerprint density at radius 1 is 1.13 bits per heavy atom. The van der Waals surface area contributed by atoms with Gasteiger partial charge in [-0.3, -0.25) is 4.40 Å². The van der Waals surface area contributed by atoms with Crippen molar-refractivity contribution in [1.82, 2.24) is 14.4 Å². The number of fused-ring (bicyclic) bond motifs is 1. The third-order valence-corrected chi connectivity index (χ3v) is 3.39. The van der Waals surface area contributed by atoms with Crippen LogP contribution in [-0.4, -0.2) is 19.9 Å². The minimum atomic E-state index is -0.159. The Labute approximate surface area is 134 Å². The molecule has 0 aliphatic carbocycles. The molecular formula is C17H16N6. The van der Waals surface area contributed by atoms with Gasteiger partial charge in [0.25, 0.3) is 0 Å². The van der Waals surface area contributed by atoms with Gasteiger partial charge >= 0.3 is 0 Å². The highest BCUT2D eigenvalue weighted by atomic mass is 15.2. The lowest BCUT2D eigenvalue weighted by molar-refractivity contribution is 0.629. The average molecular weight is 304 g/mol. The quantitative estimate of drug-likeness (QED) is 0.759. The SMILES string of the molecule is CC(C)(C)Nc1c(-c2ccc(C#N)cc2)[nH]c2c(C#N)ncn12. The summed E-state index contributed by atoms with van der Waals surface area (Å²) in [6.45, 7) is 6.20. The monoisotopic (exact) mass is 304 g/mol. The van der Waals surface area contributed by atoms with Gasteiger partial charge < -0.3 is 10.3 Å². The van der Waals surface area contributed by atoms with Gasteiger partial charge in [-0.25, -0.2) is 4.98 Å². The Kier molecular flexibility index (Phi) is 3.31. The molecule has 2 heterocycles. The van der Waals surface area contributed by atoms with Crippen molar-refractivity contribution in [2.45, 2.75) is 26.3 Å². The van der Waals surface area contributed by atoms with Gasteiger partial charge in [0.15, 0.2) is 11.3 Å². The number of aromatic amines is 1. The molecule has 0 aliphatic heterocycles. The van der Waals surface area contributed by atoms with E-state index in [1.165, 1.54) is 0 Å². The van der Waals surface area contributed by atoms with E-state index in [9.17, 15) is 5.26 Å². The molecule has 23 heavy (non-hydrogen) atoms. The van der Waals surface area contributed by atoms with Gasteiger partial charge in [0.05, 0.1) is 17.3 Å². The van der Waals surface area contributed by atoms with Gasteiger partial charge in [-0.1, -0.05) is 12.1 Å². The number of nitriles is 2. The molecule has 0 radical (unpaired) electrons. The minimum Gasteiger partial charge on any atom is -0.365 e. The van der Waals surface area contributed by atoms with Crippen molar-refractivity contribution >= 4 is 11.5 Å². The zero-order chi connectivity index (χ0) is 16.6. The third kappa shape index (κ3) is 2.63. The molecule has 0 spiro atoms. The van der Waals surface area contributed by atoms with Crippen LogP contribution in [0.3, 0.4) is 0 Å². The first kappa shape index (κ1) is 14.7. The van der Waals surface area contributed by atoms with E-state index in [0.29, 0.717) is 16.9 Å². The van der Waals surface area contributed by atoms with Crippen molar-refractivity contribution in [3.05, 3.63) is 41.9 Å². The second-order valence-electron chi connectivity index (χ2n) is 6.34. The van der Waals surface area contributed by atoms with Crippen molar-refractivity contribution in [1.29, 1.82) is 10.5 Å². The predicted octanol–water partition coefficient (Wildman–Crippen LogP) is 3.28. The summed E-state index contributed by atoms with van der Waals surface area (Å²) in [4.78, 5) is 7.39. The van der Waals surface area contributed by atoms with E-state index in [0.717, 1.165) is 17.1 Å². The highest BCUT2D eigenvalue weighted by Gasteiger charge is 2.20. The molecule has 6 heteroatoms. The summed E-state index contributed by atoms with van der Waals surface area (Å²) in [6.07, 6.45) is 1.63. The van der Waals surface area contributed by atoms with E-state index >= 15 is 0 Å². The van der Waals surface area contributed by atoms with Crippen molar-refractivity contribution < 1.29 is 0 Å². The van der Waals surface area contributed by atoms with Gasteiger partial charge in [0.2, 0.25) is 0 Å². The van der Waals surface area contributed by atoms with Gasteiger partial charge in [-0.05, 0) is 32.9 Å². The van der Waals surface area contributed by atoms with Crippen LogP contribution in [0.2, 0.25) is 0 Å². The van der Waals surface area contributed by atoms with Crippen LogP contribution in [0.5, 0.6) is 0 Å². The zero-order valence-corrected chi connectivity index (χ0v) is 13.2. The molecular weight excluding hydrogens is 288 g/mol. The molecule has 0 atom stereocenters. The first-order chi connectivity index (χ1) is 10.9. The van der Waals surface area contributed by atoms with E-state index in [-0.39, 0.29) is 5.54 Å². The molecule has 2 N–H and O–H groups in total. The largest absolute Gasteiger partial charge is 0.365 e. The van der Waals surface area contributed by atoms with Crippen molar-refractivity contribution in [3.63, 3.8) is 0 Å². The van der Waals surface area contributed by atoms with Gasteiger partial charge in [0.1, 0.15) is 18.2 Å².